The molecule has 11 rings (SSSR count). The maximum Gasteiger partial charge on any atom is 0.159 e. The lowest BCUT2D eigenvalue weighted by Crippen LogP contribution is -2.30. The minimum Gasteiger partial charge on any atom is -0.454 e. The fourth-order valence-electron chi connectivity index (χ4n) is 9.19. The SMILES string of the molecule is c1ccc(CC2(c3ccccc3)c3ccccc3-c3ccc(N(c4ccc5ccc6ccccc6c5c4)c4cccc5c4oc4ccccc45)cc32)cc1. The smallest absolute Gasteiger partial charge is 0.159 e. The summed E-state index contributed by atoms with van der Waals surface area (Å²) in [6.07, 6.45) is 0.840. The van der Waals surface area contributed by atoms with Crippen molar-refractivity contribution in [2.75, 3.05) is 4.90 Å². The highest BCUT2D eigenvalue weighted by atomic mass is 16.3. The van der Waals surface area contributed by atoms with Crippen molar-refractivity contribution in [1.82, 2.24) is 0 Å². The van der Waals surface area contributed by atoms with E-state index in [0.717, 1.165) is 45.4 Å². The van der Waals surface area contributed by atoms with Gasteiger partial charge in [-0.05, 0) is 97.7 Å². The normalized spacial score (nSPS) is 14.8. The Morgan fingerprint density at radius 3 is 1.93 bits per heavy atom. The van der Waals surface area contributed by atoms with Gasteiger partial charge >= 0.3 is 0 Å². The molecule has 0 radical (unpaired) electrons. The van der Waals surface area contributed by atoms with Crippen molar-refractivity contribution in [2.24, 2.45) is 0 Å². The molecule has 54 heavy (non-hydrogen) atoms. The minimum absolute atomic E-state index is 0.402. The van der Waals surface area contributed by atoms with Crippen LogP contribution in [0.5, 0.6) is 0 Å². The molecule has 0 fully saturated rings. The standard InChI is InChI=1S/C52H35NO/c1-3-14-35(15-4-1)34-52(38-17-5-2-6-18-38)47-23-11-9-20-42(47)43-31-30-40(33-48(43)52)53(49-24-13-22-45-44-21-10-12-25-50(44)54-51(45)49)39-29-28-37-27-26-36-16-7-8-19-41(36)46(37)32-39/h1-33H,34H2. The van der Waals surface area contributed by atoms with Crippen LogP contribution in [0.2, 0.25) is 0 Å². The highest BCUT2D eigenvalue weighted by Gasteiger charge is 2.45. The fourth-order valence-corrected chi connectivity index (χ4v) is 9.19. The van der Waals surface area contributed by atoms with Gasteiger partial charge in [-0.2, -0.15) is 0 Å². The van der Waals surface area contributed by atoms with Crippen molar-refractivity contribution in [2.45, 2.75) is 11.8 Å². The second-order valence-electron chi connectivity index (χ2n) is 14.5. The molecular formula is C52H35NO. The number of benzene rings is 9. The van der Waals surface area contributed by atoms with E-state index in [2.05, 4.69) is 199 Å². The summed E-state index contributed by atoms with van der Waals surface area (Å²) >= 11 is 0. The lowest BCUT2D eigenvalue weighted by molar-refractivity contribution is 0.629. The Morgan fingerprint density at radius 1 is 0.426 bits per heavy atom. The Hall–Kier alpha value is -6.90. The zero-order valence-corrected chi connectivity index (χ0v) is 29.6. The first-order valence-electron chi connectivity index (χ1n) is 18.7. The van der Waals surface area contributed by atoms with E-state index in [-0.39, 0.29) is 0 Å². The molecule has 0 amide bonds. The van der Waals surface area contributed by atoms with Gasteiger partial charge in [-0.1, -0.05) is 164 Å². The van der Waals surface area contributed by atoms with Crippen LogP contribution in [0.4, 0.5) is 17.1 Å². The predicted octanol–water partition coefficient (Wildman–Crippen LogP) is 13.9. The molecule has 1 aliphatic rings. The number of para-hydroxylation sites is 2. The minimum atomic E-state index is -0.402. The Bertz CT molecular complexity index is 3030. The molecule has 0 aliphatic heterocycles. The highest BCUT2D eigenvalue weighted by molar-refractivity contribution is 6.12. The molecule has 2 heteroatoms. The maximum atomic E-state index is 6.76. The van der Waals surface area contributed by atoms with Crippen molar-refractivity contribution in [3.63, 3.8) is 0 Å². The van der Waals surface area contributed by atoms with Gasteiger partial charge in [0.25, 0.3) is 0 Å². The zero-order valence-electron chi connectivity index (χ0n) is 29.6. The lowest BCUT2D eigenvalue weighted by atomic mass is 9.68. The topological polar surface area (TPSA) is 16.4 Å². The van der Waals surface area contributed by atoms with Gasteiger partial charge in [0.2, 0.25) is 0 Å². The van der Waals surface area contributed by atoms with Crippen molar-refractivity contribution in [1.29, 1.82) is 0 Å². The molecule has 1 aliphatic carbocycles. The number of furan rings is 1. The van der Waals surface area contributed by atoms with Crippen LogP contribution >= 0.6 is 0 Å². The van der Waals surface area contributed by atoms with Crippen LogP contribution in [-0.2, 0) is 11.8 Å². The number of nitrogens with zero attached hydrogens (tertiary/aromatic N) is 1. The van der Waals surface area contributed by atoms with Gasteiger partial charge in [0.1, 0.15) is 5.58 Å². The average Bonchev–Trinajstić information content (AvgIpc) is 3.76. The molecule has 1 atom stereocenters. The van der Waals surface area contributed by atoms with E-state index in [4.69, 9.17) is 4.42 Å². The van der Waals surface area contributed by atoms with Gasteiger partial charge in [-0.25, -0.2) is 0 Å². The molecule has 0 bridgehead atoms. The van der Waals surface area contributed by atoms with Gasteiger partial charge < -0.3 is 9.32 Å². The number of anilines is 3. The molecule has 1 aromatic heterocycles. The van der Waals surface area contributed by atoms with Gasteiger partial charge in [-0.3, -0.25) is 0 Å². The van der Waals surface area contributed by atoms with E-state index >= 15 is 0 Å². The van der Waals surface area contributed by atoms with E-state index in [9.17, 15) is 0 Å². The Morgan fingerprint density at radius 2 is 1.06 bits per heavy atom. The summed E-state index contributed by atoms with van der Waals surface area (Å²) in [6.45, 7) is 0. The van der Waals surface area contributed by atoms with Gasteiger partial charge in [0, 0.05) is 22.1 Å². The molecule has 9 aromatic carbocycles. The second-order valence-corrected chi connectivity index (χ2v) is 14.5. The molecule has 0 saturated carbocycles. The molecule has 10 aromatic rings. The second kappa shape index (κ2) is 12.1. The third kappa shape index (κ3) is 4.60. The van der Waals surface area contributed by atoms with E-state index in [1.165, 1.54) is 54.9 Å². The Balaban J connectivity index is 1.21. The predicted molar refractivity (Wildman–Crippen MR) is 225 cm³/mol. The lowest BCUT2D eigenvalue weighted by Gasteiger charge is -2.34. The summed E-state index contributed by atoms with van der Waals surface area (Å²) in [5, 5.41) is 7.15. The van der Waals surface area contributed by atoms with Crippen LogP contribution in [-0.4, -0.2) is 0 Å². The average molecular weight is 690 g/mol. The zero-order chi connectivity index (χ0) is 35.6. The first-order valence-corrected chi connectivity index (χ1v) is 18.7. The van der Waals surface area contributed by atoms with Gasteiger partial charge in [0.15, 0.2) is 5.58 Å². The van der Waals surface area contributed by atoms with Crippen LogP contribution < -0.4 is 4.90 Å². The van der Waals surface area contributed by atoms with Crippen LogP contribution in [0.1, 0.15) is 22.3 Å². The van der Waals surface area contributed by atoms with E-state index < -0.39 is 5.41 Å². The number of fused-ring (bicyclic) bond motifs is 9. The fraction of sp³-hybridized carbons (Fsp3) is 0.0385. The molecule has 1 unspecified atom stereocenters. The Kier molecular flexibility index (Phi) is 6.87. The molecule has 1 heterocycles. The molecule has 0 N–H and O–H groups in total. The van der Waals surface area contributed by atoms with E-state index in [1.54, 1.807) is 0 Å². The van der Waals surface area contributed by atoms with Crippen LogP contribution in [0.15, 0.2) is 205 Å². The molecule has 2 nitrogen and oxygen atoms in total. The first-order chi connectivity index (χ1) is 26.8. The van der Waals surface area contributed by atoms with Gasteiger partial charge in [-0.15, -0.1) is 0 Å². The quantitative estimate of drug-likeness (QED) is 0.162. The third-order valence-corrected chi connectivity index (χ3v) is 11.6. The molecule has 254 valence electrons. The summed E-state index contributed by atoms with van der Waals surface area (Å²) < 4.78 is 6.76. The van der Waals surface area contributed by atoms with Crippen molar-refractivity contribution >= 4 is 60.5 Å². The van der Waals surface area contributed by atoms with Gasteiger partial charge in [0.05, 0.1) is 11.1 Å². The summed E-state index contributed by atoms with van der Waals surface area (Å²) in [5.74, 6) is 0. The van der Waals surface area contributed by atoms with Crippen molar-refractivity contribution < 1.29 is 4.42 Å². The van der Waals surface area contributed by atoms with Crippen molar-refractivity contribution in [3.05, 3.63) is 222 Å². The Labute approximate surface area is 314 Å². The summed E-state index contributed by atoms with van der Waals surface area (Å²) in [7, 11) is 0. The molecular weight excluding hydrogens is 655 g/mol. The van der Waals surface area contributed by atoms with Crippen LogP contribution in [0.3, 0.4) is 0 Å². The van der Waals surface area contributed by atoms with E-state index in [0.29, 0.717) is 0 Å². The summed E-state index contributed by atoms with van der Waals surface area (Å²) in [6, 6.07) is 73.1. The van der Waals surface area contributed by atoms with Crippen LogP contribution in [0.25, 0.3) is 54.6 Å². The number of hydrogen-bond donors (Lipinski definition) is 0. The van der Waals surface area contributed by atoms with E-state index in [1.807, 2.05) is 6.07 Å². The monoisotopic (exact) mass is 689 g/mol. The third-order valence-electron chi connectivity index (χ3n) is 11.6. The van der Waals surface area contributed by atoms with Crippen LogP contribution in [0, 0.1) is 0 Å². The first kappa shape index (κ1) is 30.7. The summed E-state index contributed by atoms with van der Waals surface area (Å²) in [4.78, 5) is 2.41. The maximum absolute atomic E-state index is 6.76. The highest BCUT2D eigenvalue weighted by Crippen LogP contribution is 2.56. The number of rotatable bonds is 6. The summed E-state index contributed by atoms with van der Waals surface area (Å²) in [5.41, 5.74) is 12.4. The largest absolute Gasteiger partial charge is 0.454 e. The number of hydrogen-bond acceptors (Lipinski definition) is 2. The molecule has 0 spiro atoms. The van der Waals surface area contributed by atoms with Crippen molar-refractivity contribution in [3.8, 4) is 11.1 Å². The molecule has 0 saturated heterocycles.